The summed E-state index contributed by atoms with van der Waals surface area (Å²) in [6.07, 6.45) is 1.64. The minimum atomic E-state index is -0.437. The molecule has 0 spiro atoms. The van der Waals surface area contributed by atoms with E-state index in [0.717, 1.165) is 5.56 Å². The van der Waals surface area contributed by atoms with Crippen LogP contribution >= 0.6 is 23.4 Å². The molecule has 0 aliphatic rings. The Labute approximate surface area is 158 Å². The van der Waals surface area contributed by atoms with Gasteiger partial charge in [0.25, 0.3) is 11.2 Å². The molecule has 1 heterocycles. The second-order valence-electron chi connectivity index (χ2n) is 5.47. The van der Waals surface area contributed by atoms with Crippen LogP contribution in [0.4, 0.5) is 5.69 Å². The van der Waals surface area contributed by atoms with E-state index in [1.807, 2.05) is 0 Å². The number of rotatable bonds is 6. The van der Waals surface area contributed by atoms with Gasteiger partial charge < -0.3 is 0 Å². The van der Waals surface area contributed by atoms with E-state index in [2.05, 4.69) is 11.6 Å². The van der Waals surface area contributed by atoms with Crippen LogP contribution in [0.1, 0.15) is 5.56 Å². The molecule has 0 amide bonds. The van der Waals surface area contributed by atoms with E-state index in [-0.39, 0.29) is 11.2 Å². The quantitative estimate of drug-likeness (QED) is 0.205. The normalized spacial score (nSPS) is 10.8. The molecule has 3 rings (SSSR count). The minimum Gasteiger partial charge on any atom is -0.283 e. The van der Waals surface area contributed by atoms with Gasteiger partial charge in [-0.05, 0) is 23.8 Å². The van der Waals surface area contributed by atoms with Gasteiger partial charge in [0.2, 0.25) is 0 Å². The number of nitro groups is 1. The topological polar surface area (TPSA) is 78.0 Å². The van der Waals surface area contributed by atoms with Crippen molar-refractivity contribution in [2.45, 2.75) is 17.5 Å². The van der Waals surface area contributed by atoms with E-state index in [4.69, 9.17) is 11.6 Å². The van der Waals surface area contributed by atoms with Crippen molar-refractivity contribution in [2.24, 2.45) is 0 Å². The molecule has 0 saturated carbocycles. The van der Waals surface area contributed by atoms with Gasteiger partial charge in [-0.3, -0.25) is 19.5 Å². The number of fused-ring (bicyclic) bond motifs is 1. The summed E-state index contributed by atoms with van der Waals surface area (Å²) < 4.78 is 1.55. The molecule has 0 aliphatic carbocycles. The maximum atomic E-state index is 12.7. The summed E-state index contributed by atoms with van der Waals surface area (Å²) in [7, 11) is 0. The Bertz CT molecular complexity index is 1050. The Kier molecular flexibility index (Phi) is 5.39. The van der Waals surface area contributed by atoms with Crippen LogP contribution in [-0.4, -0.2) is 14.5 Å². The molecule has 0 N–H and O–H groups in total. The van der Waals surface area contributed by atoms with Gasteiger partial charge in [-0.25, -0.2) is 4.98 Å². The van der Waals surface area contributed by atoms with E-state index >= 15 is 0 Å². The van der Waals surface area contributed by atoms with Gasteiger partial charge in [-0.2, -0.15) is 0 Å². The van der Waals surface area contributed by atoms with Crippen LogP contribution in [0.3, 0.4) is 0 Å². The molecule has 0 saturated heterocycles. The number of benzene rings is 2. The third kappa shape index (κ3) is 3.79. The lowest BCUT2D eigenvalue weighted by molar-refractivity contribution is -0.384. The van der Waals surface area contributed by atoms with Crippen LogP contribution in [0.15, 0.2) is 65.1 Å². The highest BCUT2D eigenvalue weighted by atomic mass is 35.5. The van der Waals surface area contributed by atoms with Crippen molar-refractivity contribution in [1.29, 1.82) is 0 Å². The Balaban J connectivity index is 1.95. The van der Waals surface area contributed by atoms with E-state index in [9.17, 15) is 14.9 Å². The molecule has 26 heavy (non-hydrogen) atoms. The van der Waals surface area contributed by atoms with Crippen molar-refractivity contribution < 1.29 is 4.92 Å². The molecule has 0 unspecified atom stereocenters. The maximum Gasteiger partial charge on any atom is 0.269 e. The second kappa shape index (κ2) is 7.72. The second-order valence-corrected chi connectivity index (χ2v) is 6.85. The molecule has 0 fully saturated rings. The monoisotopic (exact) mass is 387 g/mol. The number of thioether (sulfide) groups is 1. The first-order chi connectivity index (χ1) is 12.5. The molecule has 0 aliphatic heterocycles. The highest BCUT2D eigenvalue weighted by Gasteiger charge is 2.12. The zero-order valence-electron chi connectivity index (χ0n) is 13.6. The maximum absolute atomic E-state index is 12.7. The first-order valence-electron chi connectivity index (χ1n) is 7.66. The lowest BCUT2D eigenvalue weighted by Gasteiger charge is -2.11. The number of halogens is 1. The molecule has 2 aromatic carbocycles. The lowest BCUT2D eigenvalue weighted by atomic mass is 10.2. The van der Waals surface area contributed by atoms with Gasteiger partial charge >= 0.3 is 0 Å². The van der Waals surface area contributed by atoms with Crippen molar-refractivity contribution >= 4 is 40.0 Å². The number of nitrogens with zero attached hydrogens (tertiary/aromatic N) is 3. The summed E-state index contributed by atoms with van der Waals surface area (Å²) in [6.45, 7) is 4.04. The van der Waals surface area contributed by atoms with Crippen LogP contribution in [0.2, 0.25) is 5.02 Å². The number of hydrogen-bond acceptors (Lipinski definition) is 5. The van der Waals surface area contributed by atoms with E-state index in [1.54, 1.807) is 41.0 Å². The average Bonchev–Trinajstić information content (AvgIpc) is 2.62. The molecule has 6 nitrogen and oxygen atoms in total. The molecular weight excluding hydrogens is 374 g/mol. The molecular formula is C18H14ClN3O3S. The molecule has 0 atom stereocenters. The van der Waals surface area contributed by atoms with Crippen LogP contribution < -0.4 is 5.56 Å². The zero-order chi connectivity index (χ0) is 18.7. The van der Waals surface area contributed by atoms with Crippen molar-refractivity contribution in [1.82, 2.24) is 9.55 Å². The van der Waals surface area contributed by atoms with Gasteiger partial charge in [0.15, 0.2) is 5.16 Å². The van der Waals surface area contributed by atoms with Crippen LogP contribution in [0, 0.1) is 10.1 Å². The molecule has 0 bridgehead atoms. The fraction of sp³-hybridized carbons (Fsp3) is 0.111. The summed E-state index contributed by atoms with van der Waals surface area (Å²) in [4.78, 5) is 27.6. The Morgan fingerprint density at radius 1 is 1.27 bits per heavy atom. The van der Waals surface area contributed by atoms with E-state index in [0.29, 0.717) is 33.4 Å². The zero-order valence-corrected chi connectivity index (χ0v) is 15.2. The smallest absolute Gasteiger partial charge is 0.269 e. The third-order valence-electron chi connectivity index (χ3n) is 3.71. The van der Waals surface area contributed by atoms with Crippen molar-refractivity contribution in [3.05, 3.63) is 86.2 Å². The standard InChI is InChI=1S/C18H14ClN3O3S/c1-2-9-21-17(23)15-8-5-13(19)10-16(15)20-18(21)26-11-12-3-6-14(7-4-12)22(24)25/h2-8,10H,1,9,11H2. The van der Waals surface area contributed by atoms with Gasteiger partial charge in [0.05, 0.1) is 15.8 Å². The number of allylic oxidation sites excluding steroid dienone is 1. The summed E-state index contributed by atoms with van der Waals surface area (Å²) in [5, 5.41) is 12.3. The van der Waals surface area contributed by atoms with Gasteiger partial charge in [-0.1, -0.05) is 41.6 Å². The third-order valence-corrected chi connectivity index (χ3v) is 4.99. The molecule has 3 aromatic rings. The molecule has 0 radical (unpaired) electrons. The van der Waals surface area contributed by atoms with Gasteiger partial charge in [-0.15, -0.1) is 6.58 Å². The minimum absolute atomic E-state index is 0.0424. The molecule has 132 valence electrons. The lowest BCUT2D eigenvalue weighted by Crippen LogP contribution is -2.22. The number of aromatic nitrogens is 2. The fourth-order valence-electron chi connectivity index (χ4n) is 2.44. The highest BCUT2D eigenvalue weighted by Crippen LogP contribution is 2.24. The van der Waals surface area contributed by atoms with Gasteiger partial charge in [0, 0.05) is 29.5 Å². The molecule has 8 heteroatoms. The fourth-order valence-corrected chi connectivity index (χ4v) is 3.57. The summed E-state index contributed by atoms with van der Waals surface area (Å²) >= 11 is 7.39. The summed E-state index contributed by atoms with van der Waals surface area (Å²) in [6, 6.07) is 11.3. The van der Waals surface area contributed by atoms with E-state index < -0.39 is 4.92 Å². The number of non-ortho nitro benzene ring substituents is 1. The predicted molar refractivity (Wildman–Crippen MR) is 104 cm³/mol. The first-order valence-corrected chi connectivity index (χ1v) is 9.03. The Morgan fingerprint density at radius 2 is 2.00 bits per heavy atom. The van der Waals surface area contributed by atoms with Gasteiger partial charge in [0.1, 0.15) is 0 Å². The van der Waals surface area contributed by atoms with Crippen molar-refractivity contribution in [2.75, 3.05) is 0 Å². The van der Waals surface area contributed by atoms with Crippen molar-refractivity contribution in [3.8, 4) is 0 Å². The van der Waals surface area contributed by atoms with E-state index in [1.165, 1.54) is 23.9 Å². The van der Waals surface area contributed by atoms with Crippen LogP contribution in [0.25, 0.3) is 10.9 Å². The summed E-state index contributed by atoms with van der Waals surface area (Å²) in [5.41, 5.74) is 1.32. The largest absolute Gasteiger partial charge is 0.283 e. The Morgan fingerprint density at radius 3 is 2.65 bits per heavy atom. The highest BCUT2D eigenvalue weighted by molar-refractivity contribution is 7.98. The summed E-state index contributed by atoms with van der Waals surface area (Å²) in [5.74, 6) is 0.521. The SMILES string of the molecule is C=CCn1c(SCc2ccc([N+](=O)[O-])cc2)nc2cc(Cl)ccc2c1=O. The average molecular weight is 388 g/mol. The Hall–Kier alpha value is -2.64. The van der Waals surface area contributed by atoms with Crippen LogP contribution in [0.5, 0.6) is 0 Å². The first kappa shape index (κ1) is 18.2. The number of hydrogen-bond donors (Lipinski definition) is 0. The van der Waals surface area contributed by atoms with Crippen molar-refractivity contribution in [3.63, 3.8) is 0 Å². The molecule has 1 aromatic heterocycles. The number of nitro benzene ring substituents is 1. The van der Waals surface area contributed by atoms with Crippen LogP contribution in [-0.2, 0) is 12.3 Å². The predicted octanol–water partition coefficient (Wildman–Crippen LogP) is 4.44.